The predicted molar refractivity (Wildman–Crippen MR) is 86.5 cm³/mol. The molecule has 2 aliphatic heterocycles. The predicted octanol–water partition coefficient (Wildman–Crippen LogP) is 1.82. The minimum atomic E-state index is -0.162. The smallest absolute Gasteiger partial charge is 0.342 e. The number of fused-ring (bicyclic) bond motifs is 2. The van der Waals surface area contributed by atoms with Crippen LogP contribution in [0.2, 0.25) is 0 Å². The molecule has 3 heterocycles. The summed E-state index contributed by atoms with van der Waals surface area (Å²) in [6.07, 6.45) is 4.62. The van der Waals surface area contributed by atoms with E-state index in [2.05, 4.69) is 15.3 Å². The summed E-state index contributed by atoms with van der Waals surface area (Å²) >= 11 is 0. The third-order valence-corrected chi connectivity index (χ3v) is 4.85. The molecule has 0 radical (unpaired) electrons. The van der Waals surface area contributed by atoms with Gasteiger partial charge in [0.1, 0.15) is 5.75 Å². The van der Waals surface area contributed by atoms with Crippen LogP contribution in [0.4, 0.5) is 4.79 Å². The number of piperidine rings is 1. The van der Waals surface area contributed by atoms with E-state index in [1.807, 2.05) is 24.3 Å². The Morgan fingerprint density at radius 3 is 2.96 bits per heavy atom. The van der Waals surface area contributed by atoms with Crippen molar-refractivity contribution in [3.05, 3.63) is 36.7 Å². The second kappa shape index (κ2) is 5.70. The number of nitrogens with one attached hydrogen (secondary N) is 1. The van der Waals surface area contributed by atoms with Gasteiger partial charge in [-0.15, -0.1) is 0 Å². The number of amides is 1. The minimum absolute atomic E-state index is 0.162. The van der Waals surface area contributed by atoms with Gasteiger partial charge in [0, 0.05) is 36.5 Å². The van der Waals surface area contributed by atoms with Crippen LogP contribution >= 0.6 is 0 Å². The highest BCUT2D eigenvalue weighted by molar-refractivity contribution is 5.78. The first kappa shape index (κ1) is 14.3. The number of methoxy groups -OCH3 is 1. The van der Waals surface area contributed by atoms with Gasteiger partial charge < -0.3 is 15.0 Å². The van der Waals surface area contributed by atoms with E-state index in [1.165, 1.54) is 11.1 Å². The summed E-state index contributed by atoms with van der Waals surface area (Å²) in [5, 5.41) is 7.32. The first-order valence-corrected chi connectivity index (χ1v) is 7.96. The summed E-state index contributed by atoms with van der Waals surface area (Å²) in [7, 11) is 1.64. The van der Waals surface area contributed by atoms with Crippen LogP contribution < -0.4 is 10.1 Å². The first-order valence-electron chi connectivity index (χ1n) is 7.96. The van der Waals surface area contributed by atoms with Crippen LogP contribution in [0.3, 0.4) is 0 Å². The number of carbonyl (C=O) groups excluding carboxylic acids is 1. The van der Waals surface area contributed by atoms with Gasteiger partial charge in [-0.1, -0.05) is 18.2 Å². The van der Waals surface area contributed by atoms with E-state index in [1.54, 1.807) is 19.5 Å². The molecule has 0 aliphatic carbocycles. The van der Waals surface area contributed by atoms with Gasteiger partial charge in [-0.3, -0.25) is 0 Å². The molecule has 1 aromatic heterocycles. The zero-order valence-corrected chi connectivity index (χ0v) is 13.1. The van der Waals surface area contributed by atoms with Crippen LogP contribution in [-0.4, -0.2) is 53.5 Å². The zero-order chi connectivity index (χ0) is 15.8. The normalized spacial score (nSPS) is 25.5. The third-order valence-electron chi connectivity index (χ3n) is 4.85. The van der Waals surface area contributed by atoms with Gasteiger partial charge in [0.2, 0.25) is 0 Å². The van der Waals surface area contributed by atoms with Gasteiger partial charge >= 0.3 is 6.03 Å². The summed E-state index contributed by atoms with van der Waals surface area (Å²) in [6, 6.07) is 7.81. The molecule has 0 spiro atoms. The van der Waals surface area contributed by atoms with E-state index in [-0.39, 0.29) is 12.1 Å². The number of rotatable bonds is 3. The monoisotopic (exact) mass is 312 g/mol. The number of carbonyl (C=O) groups is 1. The molecule has 0 saturated carbocycles. The lowest BCUT2D eigenvalue weighted by Crippen LogP contribution is -2.45. The maximum atomic E-state index is 12.4. The maximum Gasteiger partial charge on any atom is 0.342 e. The van der Waals surface area contributed by atoms with Crippen LogP contribution in [0.1, 0.15) is 6.42 Å². The van der Waals surface area contributed by atoms with Gasteiger partial charge in [-0.25, -0.2) is 4.79 Å². The minimum Gasteiger partial charge on any atom is -0.496 e. The second-order valence-electron chi connectivity index (χ2n) is 6.24. The number of aromatic nitrogens is 2. The van der Waals surface area contributed by atoms with Crippen molar-refractivity contribution in [3.63, 3.8) is 0 Å². The molecule has 2 fully saturated rings. The van der Waals surface area contributed by atoms with E-state index in [4.69, 9.17) is 4.74 Å². The van der Waals surface area contributed by atoms with E-state index in [0.29, 0.717) is 5.92 Å². The molecule has 2 bridgehead atoms. The van der Waals surface area contributed by atoms with Crippen LogP contribution in [0.25, 0.3) is 11.1 Å². The number of benzene rings is 1. The molecular weight excluding hydrogens is 292 g/mol. The molecule has 1 aromatic carbocycles. The SMILES string of the molecule is COc1ccccc1-c1cnn(C(=O)NC2CN3CC[C@H]2C3)c1. The van der Waals surface area contributed by atoms with Crippen molar-refractivity contribution in [3.8, 4) is 16.9 Å². The highest BCUT2D eigenvalue weighted by Crippen LogP contribution is 2.29. The van der Waals surface area contributed by atoms with Crippen molar-refractivity contribution in [1.82, 2.24) is 20.0 Å². The topological polar surface area (TPSA) is 59.4 Å². The van der Waals surface area contributed by atoms with Gasteiger partial charge in [-0.2, -0.15) is 9.78 Å². The molecular formula is C17H20N4O2. The van der Waals surface area contributed by atoms with Crippen LogP contribution in [0.15, 0.2) is 36.7 Å². The molecule has 2 aliphatic rings. The molecule has 3 atom stereocenters. The first-order chi connectivity index (χ1) is 11.2. The average Bonchev–Trinajstić information content (AvgIpc) is 3.31. The Hall–Kier alpha value is -2.34. The summed E-state index contributed by atoms with van der Waals surface area (Å²) in [5.74, 6) is 1.36. The Kier molecular flexibility index (Phi) is 3.53. The Bertz CT molecular complexity index is 727. The molecule has 120 valence electrons. The number of ether oxygens (including phenoxy) is 1. The maximum absolute atomic E-state index is 12.4. The summed E-state index contributed by atoms with van der Waals surface area (Å²) in [6.45, 7) is 3.23. The highest BCUT2D eigenvalue weighted by atomic mass is 16.5. The second-order valence-corrected chi connectivity index (χ2v) is 6.24. The number of hydrogen-bond acceptors (Lipinski definition) is 4. The Labute approximate surface area is 135 Å². The summed E-state index contributed by atoms with van der Waals surface area (Å²) < 4.78 is 6.75. The standard InChI is InChI=1S/C17H20N4O2/c1-23-16-5-3-2-4-14(16)13-8-18-21(10-13)17(22)19-15-11-20-7-6-12(15)9-20/h2-5,8,10,12,15H,6-7,9,11H2,1H3,(H,19,22)/t12-,15?/m0/s1. The van der Waals surface area contributed by atoms with Crippen molar-refractivity contribution in [2.75, 3.05) is 26.7 Å². The largest absolute Gasteiger partial charge is 0.496 e. The van der Waals surface area contributed by atoms with Crippen molar-refractivity contribution in [2.45, 2.75) is 12.5 Å². The van der Waals surface area contributed by atoms with Crippen LogP contribution in [0.5, 0.6) is 5.75 Å². The Morgan fingerprint density at radius 2 is 2.22 bits per heavy atom. The molecule has 4 rings (SSSR count). The Morgan fingerprint density at radius 1 is 1.35 bits per heavy atom. The van der Waals surface area contributed by atoms with Crippen molar-refractivity contribution in [2.24, 2.45) is 5.92 Å². The van der Waals surface area contributed by atoms with Crippen molar-refractivity contribution in [1.29, 1.82) is 0 Å². The van der Waals surface area contributed by atoms with Crippen LogP contribution in [-0.2, 0) is 0 Å². The van der Waals surface area contributed by atoms with Crippen molar-refractivity contribution < 1.29 is 9.53 Å². The molecule has 2 unspecified atom stereocenters. The average molecular weight is 312 g/mol. The molecule has 1 amide bonds. The number of nitrogens with zero attached hydrogens (tertiary/aromatic N) is 3. The summed E-state index contributed by atoms with van der Waals surface area (Å²) in [4.78, 5) is 14.8. The lowest BCUT2D eigenvalue weighted by atomic mass is 10.0. The molecule has 2 saturated heterocycles. The zero-order valence-electron chi connectivity index (χ0n) is 13.1. The lowest BCUT2D eigenvalue weighted by molar-refractivity contribution is 0.228. The van der Waals surface area contributed by atoms with E-state index in [9.17, 15) is 4.79 Å². The lowest BCUT2D eigenvalue weighted by Gasteiger charge is -2.22. The molecule has 2 aromatic rings. The van der Waals surface area contributed by atoms with Crippen LogP contribution in [0, 0.1) is 5.92 Å². The quantitative estimate of drug-likeness (QED) is 0.939. The van der Waals surface area contributed by atoms with E-state index >= 15 is 0 Å². The third kappa shape index (κ3) is 2.59. The molecule has 23 heavy (non-hydrogen) atoms. The van der Waals surface area contributed by atoms with Gasteiger partial charge in [0.05, 0.1) is 13.3 Å². The van der Waals surface area contributed by atoms with Gasteiger partial charge in [0.15, 0.2) is 0 Å². The fourth-order valence-corrected chi connectivity index (χ4v) is 3.63. The summed E-state index contributed by atoms with van der Waals surface area (Å²) in [5.41, 5.74) is 1.80. The van der Waals surface area contributed by atoms with Gasteiger partial charge in [-0.05, 0) is 24.9 Å². The fraction of sp³-hybridized carbons (Fsp3) is 0.412. The van der Waals surface area contributed by atoms with E-state index in [0.717, 1.165) is 36.5 Å². The Balaban J connectivity index is 1.50. The molecule has 1 N–H and O–H groups in total. The fourth-order valence-electron chi connectivity index (χ4n) is 3.63. The van der Waals surface area contributed by atoms with E-state index < -0.39 is 0 Å². The highest BCUT2D eigenvalue weighted by Gasteiger charge is 2.38. The molecule has 6 nitrogen and oxygen atoms in total. The number of para-hydroxylation sites is 1. The molecule has 6 heteroatoms. The number of hydrogen-bond donors (Lipinski definition) is 1. The van der Waals surface area contributed by atoms with Gasteiger partial charge in [0.25, 0.3) is 0 Å². The van der Waals surface area contributed by atoms with Crippen molar-refractivity contribution >= 4 is 6.03 Å².